The number of hydrogen-bond acceptors (Lipinski definition) is 3. The molecule has 120 valence electrons. The quantitative estimate of drug-likeness (QED) is 0.668. The van der Waals surface area contributed by atoms with E-state index in [2.05, 4.69) is 17.0 Å². The van der Waals surface area contributed by atoms with Crippen molar-refractivity contribution in [1.29, 1.82) is 0 Å². The highest BCUT2D eigenvalue weighted by Gasteiger charge is 2.19. The van der Waals surface area contributed by atoms with Crippen LogP contribution in [-0.4, -0.2) is 21.5 Å². The molecule has 7 heteroatoms. The normalized spacial score (nSPS) is 11.8. The van der Waals surface area contributed by atoms with Crippen molar-refractivity contribution >= 4 is 33.2 Å². The summed E-state index contributed by atoms with van der Waals surface area (Å²) in [5.41, 5.74) is 0.727. The van der Waals surface area contributed by atoms with E-state index in [0.29, 0.717) is 18.1 Å². The molecule has 0 unspecified atom stereocenters. The standard InChI is InChI=1S/C14H22Cl2N2O2S/c1-3-5-7-18-21(19,20)14-8-11(10-17-6-4-2)12(15)9-13(14)16/h8-9,17-18H,3-7,10H2,1-2H3. The molecule has 1 aromatic carbocycles. The maximum Gasteiger partial charge on any atom is 0.242 e. The topological polar surface area (TPSA) is 58.2 Å². The minimum Gasteiger partial charge on any atom is -0.313 e. The number of hydrogen-bond donors (Lipinski definition) is 2. The lowest BCUT2D eigenvalue weighted by Gasteiger charge is -2.12. The molecule has 0 saturated heterocycles. The van der Waals surface area contributed by atoms with Gasteiger partial charge >= 0.3 is 0 Å². The number of halogens is 2. The van der Waals surface area contributed by atoms with Crippen molar-refractivity contribution in [2.24, 2.45) is 0 Å². The van der Waals surface area contributed by atoms with Gasteiger partial charge in [0.15, 0.2) is 0 Å². The Morgan fingerprint density at radius 1 is 1.05 bits per heavy atom. The molecule has 0 aliphatic heterocycles. The van der Waals surface area contributed by atoms with Gasteiger partial charge < -0.3 is 5.32 Å². The molecule has 0 aliphatic carbocycles. The lowest BCUT2D eigenvalue weighted by molar-refractivity contribution is 0.578. The van der Waals surface area contributed by atoms with E-state index in [1.807, 2.05) is 6.92 Å². The Bertz CT molecular complexity index is 562. The van der Waals surface area contributed by atoms with Crippen LogP contribution in [0.25, 0.3) is 0 Å². The van der Waals surface area contributed by atoms with Gasteiger partial charge in [-0.3, -0.25) is 0 Å². The number of unbranched alkanes of at least 4 members (excludes halogenated alkanes) is 1. The van der Waals surface area contributed by atoms with Crippen LogP contribution in [0.3, 0.4) is 0 Å². The molecule has 0 spiro atoms. The fraction of sp³-hybridized carbons (Fsp3) is 0.571. The number of nitrogens with one attached hydrogen (secondary N) is 2. The van der Waals surface area contributed by atoms with Gasteiger partial charge in [-0.15, -0.1) is 0 Å². The molecule has 4 nitrogen and oxygen atoms in total. The highest BCUT2D eigenvalue weighted by Crippen LogP contribution is 2.28. The van der Waals surface area contributed by atoms with Crippen molar-refractivity contribution in [3.63, 3.8) is 0 Å². The van der Waals surface area contributed by atoms with Crippen LogP contribution in [0, 0.1) is 0 Å². The molecule has 2 N–H and O–H groups in total. The summed E-state index contributed by atoms with van der Waals surface area (Å²) < 4.78 is 27.1. The number of benzene rings is 1. The van der Waals surface area contributed by atoms with Crippen LogP contribution < -0.4 is 10.0 Å². The van der Waals surface area contributed by atoms with Gasteiger partial charge in [0.2, 0.25) is 10.0 Å². The first-order chi connectivity index (χ1) is 9.92. The Labute approximate surface area is 137 Å². The molecule has 0 radical (unpaired) electrons. The van der Waals surface area contributed by atoms with Crippen LogP contribution in [-0.2, 0) is 16.6 Å². The predicted octanol–water partition coefficient (Wildman–Crippen LogP) is 3.57. The molecular formula is C14H22Cl2N2O2S. The molecule has 0 fully saturated rings. The molecule has 1 aromatic rings. The van der Waals surface area contributed by atoms with Crippen molar-refractivity contribution in [2.75, 3.05) is 13.1 Å². The summed E-state index contributed by atoms with van der Waals surface area (Å²) in [6.45, 7) is 5.82. The van der Waals surface area contributed by atoms with E-state index < -0.39 is 10.0 Å². The third-order valence-corrected chi connectivity index (χ3v) is 5.23. The van der Waals surface area contributed by atoms with E-state index >= 15 is 0 Å². The molecule has 0 aliphatic rings. The molecule has 0 saturated carbocycles. The first-order valence-electron chi connectivity index (χ1n) is 7.10. The summed E-state index contributed by atoms with van der Waals surface area (Å²) in [4.78, 5) is 0.0815. The second-order valence-corrected chi connectivity index (χ2v) is 7.35. The fourth-order valence-electron chi connectivity index (χ4n) is 1.77. The van der Waals surface area contributed by atoms with E-state index in [-0.39, 0.29) is 9.92 Å². The zero-order chi connectivity index (χ0) is 15.9. The summed E-state index contributed by atoms with van der Waals surface area (Å²) in [7, 11) is -3.60. The maximum absolute atomic E-state index is 12.3. The van der Waals surface area contributed by atoms with E-state index in [1.165, 1.54) is 6.07 Å². The first kappa shape index (κ1) is 18.7. The van der Waals surface area contributed by atoms with Gasteiger partial charge in [0, 0.05) is 18.1 Å². The zero-order valence-corrected chi connectivity index (χ0v) is 14.7. The minimum absolute atomic E-state index is 0.0815. The van der Waals surface area contributed by atoms with Crippen LogP contribution in [0.2, 0.25) is 10.0 Å². The van der Waals surface area contributed by atoms with Gasteiger partial charge in [-0.2, -0.15) is 0 Å². The summed E-state index contributed by atoms with van der Waals surface area (Å²) in [5.74, 6) is 0. The monoisotopic (exact) mass is 352 g/mol. The van der Waals surface area contributed by atoms with Crippen molar-refractivity contribution in [3.8, 4) is 0 Å². The molecule has 21 heavy (non-hydrogen) atoms. The maximum atomic E-state index is 12.3. The smallest absolute Gasteiger partial charge is 0.242 e. The first-order valence-corrected chi connectivity index (χ1v) is 9.34. The van der Waals surface area contributed by atoms with Gasteiger partial charge in [-0.05, 0) is 37.1 Å². The Morgan fingerprint density at radius 2 is 1.76 bits per heavy atom. The van der Waals surface area contributed by atoms with Crippen molar-refractivity contribution in [3.05, 3.63) is 27.7 Å². The lowest BCUT2D eigenvalue weighted by atomic mass is 10.2. The number of sulfonamides is 1. The average molecular weight is 353 g/mol. The third-order valence-electron chi connectivity index (χ3n) is 2.96. The van der Waals surface area contributed by atoms with E-state index in [1.54, 1.807) is 6.07 Å². The van der Waals surface area contributed by atoms with Gasteiger partial charge in [0.1, 0.15) is 4.90 Å². The number of rotatable bonds is 9. The Morgan fingerprint density at radius 3 is 2.38 bits per heavy atom. The molecular weight excluding hydrogens is 331 g/mol. The fourth-order valence-corrected chi connectivity index (χ4v) is 3.71. The molecule has 0 amide bonds. The second kappa shape index (κ2) is 8.96. The van der Waals surface area contributed by atoms with E-state index in [4.69, 9.17) is 23.2 Å². The summed E-state index contributed by atoms with van der Waals surface area (Å²) in [6, 6.07) is 3.03. The van der Waals surface area contributed by atoms with Gasteiger partial charge in [0.25, 0.3) is 0 Å². The SMILES string of the molecule is CCCCNS(=O)(=O)c1cc(CNCCC)c(Cl)cc1Cl. The van der Waals surface area contributed by atoms with Crippen LogP contribution in [0.4, 0.5) is 0 Å². The minimum atomic E-state index is -3.60. The average Bonchev–Trinajstić information content (AvgIpc) is 2.41. The summed E-state index contributed by atoms with van der Waals surface area (Å²) in [5, 5.41) is 3.81. The highest BCUT2D eigenvalue weighted by molar-refractivity contribution is 7.89. The Balaban J connectivity index is 2.97. The third kappa shape index (κ3) is 5.75. The van der Waals surface area contributed by atoms with Gasteiger partial charge in [-0.1, -0.05) is 43.5 Å². The highest BCUT2D eigenvalue weighted by atomic mass is 35.5. The lowest BCUT2D eigenvalue weighted by Crippen LogP contribution is -2.25. The summed E-state index contributed by atoms with van der Waals surface area (Å²) in [6.07, 6.45) is 2.70. The van der Waals surface area contributed by atoms with E-state index in [9.17, 15) is 8.42 Å². The van der Waals surface area contributed by atoms with Gasteiger partial charge in [-0.25, -0.2) is 13.1 Å². The predicted molar refractivity (Wildman–Crippen MR) is 88.6 cm³/mol. The van der Waals surface area contributed by atoms with Gasteiger partial charge in [0.05, 0.1) is 5.02 Å². The van der Waals surface area contributed by atoms with E-state index in [0.717, 1.165) is 31.4 Å². The molecule has 0 atom stereocenters. The largest absolute Gasteiger partial charge is 0.313 e. The Hall–Kier alpha value is -0.330. The zero-order valence-electron chi connectivity index (χ0n) is 12.4. The second-order valence-electron chi connectivity index (χ2n) is 4.80. The van der Waals surface area contributed by atoms with Crippen molar-refractivity contribution in [1.82, 2.24) is 10.0 Å². The van der Waals surface area contributed by atoms with Crippen LogP contribution in [0.1, 0.15) is 38.7 Å². The molecule has 0 heterocycles. The molecule has 0 bridgehead atoms. The Kier molecular flexibility index (Phi) is 7.98. The van der Waals surface area contributed by atoms with Crippen LogP contribution in [0.5, 0.6) is 0 Å². The van der Waals surface area contributed by atoms with Crippen molar-refractivity contribution in [2.45, 2.75) is 44.6 Å². The summed E-state index contributed by atoms with van der Waals surface area (Å²) >= 11 is 12.2. The molecule has 1 rings (SSSR count). The van der Waals surface area contributed by atoms with Crippen LogP contribution in [0.15, 0.2) is 17.0 Å². The van der Waals surface area contributed by atoms with Crippen molar-refractivity contribution < 1.29 is 8.42 Å². The molecule has 0 aromatic heterocycles. The van der Waals surface area contributed by atoms with Crippen LogP contribution >= 0.6 is 23.2 Å².